The van der Waals surface area contributed by atoms with Crippen LogP contribution in [0.5, 0.6) is 5.75 Å². The van der Waals surface area contributed by atoms with Gasteiger partial charge in [-0.3, -0.25) is 9.59 Å². The lowest BCUT2D eigenvalue weighted by atomic mass is 9.84. The van der Waals surface area contributed by atoms with Crippen LogP contribution in [0.4, 0.5) is 0 Å². The molecule has 5 heteroatoms. The first-order valence-electron chi connectivity index (χ1n) is 9.36. The van der Waals surface area contributed by atoms with E-state index in [1.165, 1.54) is 13.2 Å². The Morgan fingerprint density at radius 2 is 1.89 bits per heavy atom. The normalized spacial score (nSPS) is 20.9. The van der Waals surface area contributed by atoms with Crippen molar-refractivity contribution >= 4 is 11.6 Å². The van der Waals surface area contributed by atoms with Crippen LogP contribution in [0.2, 0.25) is 0 Å². The predicted molar refractivity (Wildman–Crippen MR) is 104 cm³/mol. The van der Waals surface area contributed by atoms with Crippen molar-refractivity contribution in [3.8, 4) is 5.75 Å². The van der Waals surface area contributed by atoms with Crippen LogP contribution in [0.1, 0.15) is 57.4 Å². The van der Waals surface area contributed by atoms with Crippen molar-refractivity contribution in [1.29, 1.82) is 0 Å². The number of ether oxygens (including phenoxy) is 3. The molecule has 0 saturated heterocycles. The van der Waals surface area contributed by atoms with Crippen LogP contribution in [-0.2, 0) is 22.5 Å². The number of hydrogen-bond acceptors (Lipinski definition) is 5. The highest BCUT2D eigenvalue weighted by Gasteiger charge is 2.36. The molecule has 2 aromatic carbocycles. The zero-order valence-electron chi connectivity index (χ0n) is 16.2. The molecule has 2 aromatic rings. The van der Waals surface area contributed by atoms with E-state index in [-0.39, 0.29) is 29.5 Å². The molecule has 0 unspecified atom stereocenters. The predicted octanol–water partition coefficient (Wildman–Crippen LogP) is 4.20. The molecule has 2 aliphatic rings. The van der Waals surface area contributed by atoms with Crippen LogP contribution in [0.3, 0.4) is 0 Å². The van der Waals surface area contributed by atoms with Gasteiger partial charge < -0.3 is 14.2 Å². The van der Waals surface area contributed by atoms with Crippen molar-refractivity contribution in [2.24, 2.45) is 0 Å². The molecule has 5 nitrogen and oxygen atoms in total. The van der Waals surface area contributed by atoms with E-state index in [9.17, 15) is 9.59 Å². The minimum Gasteiger partial charge on any atom is -0.492 e. The Bertz CT molecular complexity index is 974. The molecule has 2 atom stereocenters. The maximum absolute atomic E-state index is 13.0. The maximum Gasteiger partial charge on any atom is 0.232 e. The Labute approximate surface area is 163 Å². The fraction of sp³-hybridized carbons (Fsp3) is 0.304. The summed E-state index contributed by atoms with van der Waals surface area (Å²) in [6.07, 6.45) is 1.67. The third-order valence-corrected chi connectivity index (χ3v) is 5.21. The molecular formula is C23H22O5. The number of ketones is 2. The molecule has 0 aromatic heterocycles. The Balaban J connectivity index is 1.87. The van der Waals surface area contributed by atoms with E-state index >= 15 is 0 Å². The lowest BCUT2D eigenvalue weighted by molar-refractivity contribution is -0.00563. The molecule has 1 heterocycles. The van der Waals surface area contributed by atoms with Crippen molar-refractivity contribution in [2.75, 3.05) is 7.11 Å². The summed E-state index contributed by atoms with van der Waals surface area (Å²) in [5.74, 6) is -0.0751. The number of carbonyl (C=O) groups excluding carboxylic acids is 2. The van der Waals surface area contributed by atoms with E-state index in [1.54, 1.807) is 6.07 Å². The molecule has 28 heavy (non-hydrogen) atoms. The molecule has 4 rings (SSSR count). The Morgan fingerprint density at radius 1 is 1.14 bits per heavy atom. The number of hydrogen-bond donors (Lipinski definition) is 0. The molecule has 0 bridgehead atoms. The number of carbonyl (C=O) groups is 2. The quantitative estimate of drug-likeness (QED) is 0.798. The number of methoxy groups -OCH3 is 1. The first-order valence-corrected chi connectivity index (χ1v) is 9.36. The second-order valence-electron chi connectivity index (χ2n) is 7.17. The van der Waals surface area contributed by atoms with Gasteiger partial charge in [0.05, 0.1) is 24.9 Å². The van der Waals surface area contributed by atoms with Crippen molar-refractivity contribution in [3.05, 3.63) is 76.1 Å². The summed E-state index contributed by atoms with van der Waals surface area (Å²) in [6.45, 7) is 4.25. The summed E-state index contributed by atoms with van der Waals surface area (Å²) < 4.78 is 17.3. The average molecular weight is 378 g/mol. The van der Waals surface area contributed by atoms with Crippen LogP contribution in [0, 0.1) is 0 Å². The fourth-order valence-corrected chi connectivity index (χ4v) is 3.90. The van der Waals surface area contributed by atoms with E-state index in [2.05, 4.69) is 0 Å². The number of fused-ring (bicyclic) bond motifs is 2. The van der Waals surface area contributed by atoms with Gasteiger partial charge in [-0.25, -0.2) is 0 Å². The largest absolute Gasteiger partial charge is 0.492 e. The van der Waals surface area contributed by atoms with Crippen molar-refractivity contribution in [3.63, 3.8) is 0 Å². The topological polar surface area (TPSA) is 61.8 Å². The molecule has 0 saturated carbocycles. The number of Topliss-reactive ketones (excluding diaryl/α,β-unsaturated/α-hetero) is 1. The third-order valence-electron chi connectivity index (χ3n) is 5.21. The van der Waals surface area contributed by atoms with Gasteiger partial charge in [0, 0.05) is 23.6 Å². The second-order valence-corrected chi connectivity index (χ2v) is 7.17. The van der Waals surface area contributed by atoms with Gasteiger partial charge in [-0.15, -0.1) is 0 Å². The average Bonchev–Trinajstić information content (AvgIpc) is 2.69. The summed E-state index contributed by atoms with van der Waals surface area (Å²) in [5, 5.41) is 0. The van der Waals surface area contributed by atoms with Crippen LogP contribution in [-0.4, -0.2) is 24.8 Å². The molecule has 0 N–H and O–H groups in total. The number of rotatable bonds is 4. The van der Waals surface area contributed by atoms with Crippen LogP contribution >= 0.6 is 0 Å². The minimum atomic E-state index is -0.324. The van der Waals surface area contributed by atoms with Gasteiger partial charge in [-0.1, -0.05) is 30.3 Å². The van der Waals surface area contributed by atoms with Gasteiger partial charge >= 0.3 is 0 Å². The smallest absolute Gasteiger partial charge is 0.232 e. The van der Waals surface area contributed by atoms with E-state index < -0.39 is 0 Å². The SMILES string of the molecule is COC1=CC(=O)c2cc3c(c(OCc4ccccc4)c2C1=O)C[C@@H](C)O[C@@H]3C. The Morgan fingerprint density at radius 3 is 2.61 bits per heavy atom. The standard InChI is InChI=1S/C23H22O5/c1-13-9-17-16(14(2)28-13)10-18-19(24)11-20(26-3)22(25)21(18)23(17)27-12-15-7-5-4-6-8-15/h4-8,10-11,13-14H,9,12H2,1-3H3/t13-,14-/m1/s1. The molecule has 1 aliphatic carbocycles. The highest BCUT2D eigenvalue weighted by molar-refractivity contribution is 6.25. The summed E-state index contributed by atoms with van der Waals surface area (Å²) in [5.41, 5.74) is 3.45. The highest BCUT2D eigenvalue weighted by atomic mass is 16.5. The summed E-state index contributed by atoms with van der Waals surface area (Å²) in [6, 6.07) is 11.5. The first kappa shape index (κ1) is 18.4. The maximum atomic E-state index is 13.0. The van der Waals surface area contributed by atoms with Crippen molar-refractivity contribution < 1.29 is 23.8 Å². The summed E-state index contributed by atoms with van der Waals surface area (Å²) in [7, 11) is 1.39. The van der Waals surface area contributed by atoms with Gasteiger partial charge in [-0.2, -0.15) is 0 Å². The van der Waals surface area contributed by atoms with E-state index in [1.807, 2.05) is 44.2 Å². The summed E-state index contributed by atoms with van der Waals surface area (Å²) in [4.78, 5) is 25.7. The molecule has 0 radical (unpaired) electrons. The lowest BCUT2D eigenvalue weighted by Gasteiger charge is -2.32. The van der Waals surface area contributed by atoms with Gasteiger partial charge in [0.15, 0.2) is 11.5 Å². The lowest BCUT2D eigenvalue weighted by Crippen LogP contribution is -2.27. The molecular weight excluding hydrogens is 356 g/mol. The van der Waals surface area contributed by atoms with Crippen LogP contribution in [0.25, 0.3) is 0 Å². The molecule has 1 aliphatic heterocycles. The number of benzene rings is 2. The molecule has 0 spiro atoms. The second kappa shape index (κ2) is 7.24. The fourth-order valence-electron chi connectivity index (χ4n) is 3.90. The van der Waals surface area contributed by atoms with E-state index in [0.29, 0.717) is 29.9 Å². The highest BCUT2D eigenvalue weighted by Crippen LogP contribution is 2.42. The third kappa shape index (κ3) is 3.12. The Kier molecular flexibility index (Phi) is 4.77. The van der Waals surface area contributed by atoms with Gasteiger partial charge in [0.25, 0.3) is 0 Å². The monoisotopic (exact) mass is 378 g/mol. The van der Waals surface area contributed by atoms with Gasteiger partial charge in [-0.05, 0) is 31.0 Å². The van der Waals surface area contributed by atoms with E-state index in [0.717, 1.165) is 16.7 Å². The minimum absolute atomic E-state index is 0.00791. The zero-order valence-corrected chi connectivity index (χ0v) is 16.2. The van der Waals surface area contributed by atoms with Gasteiger partial charge in [0.2, 0.25) is 5.78 Å². The zero-order chi connectivity index (χ0) is 19.8. The van der Waals surface area contributed by atoms with Gasteiger partial charge in [0.1, 0.15) is 12.4 Å². The molecule has 0 amide bonds. The van der Waals surface area contributed by atoms with Crippen LogP contribution < -0.4 is 4.74 Å². The van der Waals surface area contributed by atoms with E-state index in [4.69, 9.17) is 14.2 Å². The van der Waals surface area contributed by atoms with Crippen molar-refractivity contribution in [2.45, 2.75) is 39.1 Å². The number of allylic oxidation sites excluding steroid dienone is 2. The van der Waals surface area contributed by atoms with Crippen LogP contribution in [0.15, 0.2) is 48.2 Å². The Hall–Kier alpha value is -2.92. The molecule has 0 fully saturated rings. The first-order chi connectivity index (χ1) is 13.5. The summed E-state index contributed by atoms with van der Waals surface area (Å²) >= 11 is 0. The molecule has 144 valence electrons. The van der Waals surface area contributed by atoms with Crippen molar-refractivity contribution in [1.82, 2.24) is 0 Å².